The van der Waals surface area contributed by atoms with Gasteiger partial charge in [0.25, 0.3) is 0 Å². The summed E-state index contributed by atoms with van der Waals surface area (Å²) >= 11 is 0. The van der Waals surface area contributed by atoms with Crippen molar-refractivity contribution < 1.29 is 13.2 Å². The molecule has 0 aromatic carbocycles. The molecule has 0 aliphatic rings. The first-order valence-corrected chi connectivity index (χ1v) is 5.36. The maximum absolute atomic E-state index is 12.6. The van der Waals surface area contributed by atoms with Crippen LogP contribution in [0.4, 0.5) is 13.2 Å². The van der Waals surface area contributed by atoms with Gasteiger partial charge in [-0.1, -0.05) is 0 Å². The molecule has 0 fully saturated rings. The lowest BCUT2D eigenvalue weighted by atomic mass is 10.2. The molecule has 0 spiro atoms. The monoisotopic (exact) mass is 264 g/mol. The number of aromatic nitrogens is 4. The molecule has 0 radical (unpaired) electrons. The molecule has 4 nitrogen and oxygen atoms in total. The minimum atomic E-state index is -4.46. The minimum absolute atomic E-state index is 0.367. The van der Waals surface area contributed by atoms with Crippen LogP contribution in [-0.4, -0.2) is 19.4 Å². The summed E-state index contributed by atoms with van der Waals surface area (Å²) in [6.45, 7) is 0. The summed E-state index contributed by atoms with van der Waals surface area (Å²) in [6, 6.07) is 2.47. The van der Waals surface area contributed by atoms with Crippen LogP contribution in [0.25, 0.3) is 16.9 Å². The fourth-order valence-electron chi connectivity index (χ4n) is 1.73. The van der Waals surface area contributed by atoms with Gasteiger partial charge in [-0.15, -0.1) is 0 Å². The second-order valence-corrected chi connectivity index (χ2v) is 3.90. The van der Waals surface area contributed by atoms with Crippen molar-refractivity contribution in [1.82, 2.24) is 19.4 Å². The quantitative estimate of drug-likeness (QED) is 0.678. The predicted molar refractivity (Wildman–Crippen MR) is 61.2 cm³/mol. The number of nitrogens with zero attached hydrogens (tertiary/aromatic N) is 4. The topological polar surface area (TPSA) is 43.1 Å². The summed E-state index contributed by atoms with van der Waals surface area (Å²) in [6.07, 6.45) is 3.10. The molecule has 0 bridgehead atoms. The third-order valence-corrected chi connectivity index (χ3v) is 2.61. The van der Waals surface area contributed by atoms with Crippen molar-refractivity contribution in [3.8, 4) is 11.3 Å². The summed E-state index contributed by atoms with van der Waals surface area (Å²) < 4.78 is 39.5. The van der Waals surface area contributed by atoms with E-state index >= 15 is 0 Å². The van der Waals surface area contributed by atoms with E-state index in [9.17, 15) is 13.2 Å². The van der Waals surface area contributed by atoms with E-state index in [0.29, 0.717) is 16.9 Å². The average molecular weight is 264 g/mol. The van der Waals surface area contributed by atoms with Crippen LogP contribution in [-0.2, 0) is 6.18 Å². The summed E-state index contributed by atoms with van der Waals surface area (Å²) in [5.74, 6) is 0. The van der Waals surface area contributed by atoms with Crippen LogP contribution in [0, 0.1) is 0 Å². The standard InChI is InChI=1S/C12H7F3N4/c13-12(14,15)10-5-8(1-2-17-10)9-7-19-4-3-16-6-11(19)18-9/h1-7H. The zero-order valence-electron chi connectivity index (χ0n) is 9.46. The molecule has 3 aromatic rings. The highest BCUT2D eigenvalue weighted by Crippen LogP contribution is 2.30. The molecule has 7 heteroatoms. The molecule has 0 saturated heterocycles. The molecule has 0 saturated carbocycles. The SMILES string of the molecule is FC(F)(F)c1cc(-c2cn3ccncc3n2)ccn1. The van der Waals surface area contributed by atoms with E-state index in [0.717, 1.165) is 12.3 Å². The lowest BCUT2D eigenvalue weighted by Gasteiger charge is -2.05. The molecule has 0 aliphatic carbocycles. The Morgan fingerprint density at radius 2 is 2.00 bits per heavy atom. The van der Waals surface area contributed by atoms with E-state index in [4.69, 9.17) is 0 Å². The van der Waals surface area contributed by atoms with Gasteiger partial charge in [-0.3, -0.25) is 9.97 Å². The Hall–Kier alpha value is -2.44. The smallest absolute Gasteiger partial charge is 0.304 e. The number of rotatable bonds is 1. The van der Waals surface area contributed by atoms with Crippen LogP contribution >= 0.6 is 0 Å². The minimum Gasteiger partial charge on any atom is -0.304 e. The Balaban J connectivity index is 2.11. The number of fused-ring (bicyclic) bond motifs is 1. The first-order chi connectivity index (χ1) is 9.04. The number of imidazole rings is 1. The van der Waals surface area contributed by atoms with Gasteiger partial charge in [0.2, 0.25) is 0 Å². The van der Waals surface area contributed by atoms with E-state index < -0.39 is 11.9 Å². The molecule has 3 heterocycles. The van der Waals surface area contributed by atoms with Crippen molar-refractivity contribution in [2.75, 3.05) is 0 Å². The zero-order chi connectivity index (χ0) is 13.5. The fourth-order valence-corrected chi connectivity index (χ4v) is 1.73. The van der Waals surface area contributed by atoms with Gasteiger partial charge in [-0.25, -0.2) is 4.98 Å². The predicted octanol–water partition coefficient (Wildman–Crippen LogP) is 2.81. The van der Waals surface area contributed by atoms with Crippen molar-refractivity contribution >= 4 is 5.65 Å². The Labute approximate surface area is 105 Å². The molecular formula is C12H7F3N4. The number of alkyl halides is 3. The Morgan fingerprint density at radius 3 is 2.74 bits per heavy atom. The highest BCUT2D eigenvalue weighted by Gasteiger charge is 2.32. The molecule has 19 heavy (non-hydrogen) atoms. The maximum Gasteiger partial charge on any atom is 0.433 e. The van der Waals surface area contributed by atoms with E-state index in [-0.39, 0.29) is 0 Å². The molecule has 96 valence electrons. The number of hydrogen-bond donors (Lipinski definition) is 0. The van der Waals surface area contributed by atoms with Gasteiger partial charge in [-0.2, -0.15) is 13.2 Å². The second kappa shape index (κ2) is 4.04. The van der Waals surface area contributed by atoms with Crippen LogP contribution in [0.3, 0.4) is 0 Å². The molecule has 3 aromatic heterocycles. The van der Waals surface area contributed by atoms with Gasteiger partial charge in [-0.05, 0) is 12.1 Å². The van der Waals surface area contributed by atoms with E-state index in [1.54, 1.807) is 23.0 Å². The third kappa shape index (κ3) is 2.14. The Morgan fingerprint density at radius 1 is 1.16 bits per heavy atom. The second-order valence-electron chi connectivity index (χ2n) is 3.90. The zero-order valence-corrected chi connectivity index (χ0v) is 9.46. The van der Waals surface area contributed by atoms with Crippen LogP contribution in [0.2, 0.25) is 0 Å². The summed E-state index contributed by atoms with van der Waals surface area (Å²) in [7, 11) is 0. The van der Waals surface area contributed by atoms with Crippen LogP contribution in [0.1, 0.15) is 5.69 Å². The number of hydrogen-bond acceptors (Lipinski definition) is 3. The van der Waals surface area contributed by atoms with Crippen LogP contribution in [0.15, 0.2) is 43.1 Å². The summed E-state index contributed by atoms with van der Waals surface area (Å²) in [5.41, 5.74) is 0.454. The highest BCUT2D eigenvalue weighted by atomic mass is 19.4. The van der Waals surface area contributed by atoms with Crippen molar-refractivity contribution in [3.05, 3.63) is 48.8 Å². The molecule has 0 unspecified atom stereocenters. The van der Waals surface area contributed by atoms with E-state index in [1.807, 2.05) is 0 Å². The first-order valence-electron chi connectivity index (χ1n) is 5.36. The molecule has 0 N–H and O–H groups in total. The third-order valence-electron chi connectivity index (χ3n) is 2.61. The summed E-state index contributed by atoms with van der Waals surface area (Å²) in [5, 5.41) is 0. The van der Waals surface area contributed by atoms with Crippen molar-refractivity contribution in [1.29, 1.82) is 0 Å². The van der Waals surface area contributed by atoms with E-state index in [1.165, 1.54) is 12.3 Å². The van der Waals surface area contributed by atoms with Gasteiger partial charge in [0.1, 0.15) is 5.69 Å². The average Bonchev–Trinajstić information content (AvgIpc) is 2.81. The Bertz CT molecular complexity index is 700. The van der Waals surface area contributed by atoms with Crippen molar-refractivity contribution in [3.63, 3.8) is 0 Å². The molecular weight excluding hydrogens is 257 g/mol. The largest absolute Gasteiger partial charge is 0.433 e. The van der Waals surface area contributed by atoms with Crippen molar-refractivity contribution in [2.45, 2.75) is 6.18 Å². The van der Waals surface area contributed by atoms with Gasteiger partial charge < -0.3 is 4.40 Å². The molecule has 0 amide bonds. The van der Waals surface area contributed by atoms with E-state index in [2.05, 4.69) is 15.0 Å². The van der Waals surface area contributed by atoms with Gasteiger partial charge in [0.05, 0.1) is 11.9 Å². The number of halogens is 3. The van der Waals surface area contributed by atoms with Crippen LogP contribution in [0.5, 0.6) is 0 Å². The normalized spacial score (nSPS) is 11.9. The Kier molecular flexibility index (Phi) is 2.48. The lowest BCUT2D eigenvalue weighted by Crippen LogP contribution is -2.07. The molecule has 3 rings (SSSR count). The maximum atomic E-state index is 12.6. The van der Waals surface area contributed by atoms with Gasteiger partial charge in [0, 0.05) is 30.4 Å². The molecule has 0 atom stereocenters. The van der Waals surface area contributed by atoms with Gasteiger partial charge in [0.15, 0.2) is 5.65 Å². The van der Waals surface area contributed by atoms with Crippen LogP contribution < -0.4 is 0 Å². The van der Waals surface area contributed by atoms with Crippen molar-refractivity contribution in [2.24, 2.45) is 0 Å². The first kappa shape index (κ1) is 11.6. The lowest BCUT2D eigenvalue weighted by molar-refractivity contribution is -0.141. The number of pyridine rings is 1. The molecule has 0 aliphatic heterocycles. The highest BCUT2D eigenvalue weighted by molar-refractivity contribution is 5.62. The summed E-state index contributed by atoms with van der Waals surface area (Å²) in [4.78, 5) is 11.4. The van der Waals surface area contributed by atoms with Gasteiger partial charge >= 0.3 is 6.18 Å². The fraction of sp³-hybridized carbons (Fsp3) is 0.0833.